The van der Waals surface area contributed by atoms with Crippen LogP contribution in [0.2, 0.25) is 0 Å². The molecule has 3 rings (SSSR count). The fourth-order valence-corrected chi connectivity index (χ4v) is 2.78. The third-order valence-corrected chi connectivity index (χ3v) is 4.18. The first-order valence-corrected chi connectivity index (χ1v) is 6.95. The summed E-state index contributed by atoms with van der Waals surface area (Å²) in [5.74, 6) is 0.558. The highest BCUT2D eigenvalue weighted by molar-refractivity contribution is 5.79. The van der Waals surface area contributed by atoms with Crippen LogP contribution >= 0.6 is 0 Å². The van der Waals surface area contributed by atoms with Gasteiger partial charge in [-0.3, -0.25) is 9.48 Å². The predicted octanol–water partition coefficient (Wildman–Crippen LogP) is 2.24. The number of benzene rings is 1. The van der Waals surface area contributed by atoms with Gasteiger partial charge < -0.3 is 4.90 Å². The summed E-state index contributed by atoms with van der Waals surface area (Å²) in [6, 6.07) is 10.3. The first-order valence-electron chi connectivity index (χ1n) is 6.95. The highest BCUT2D eigenvalue weighted by Gasteiger charge is 2.30. The second kappa shape index (κ2) is 5.12. The highest BCUT2D eigenvalue weighted by Crippen LogP contribution is 2.29. The van der Waals surface area contributed by atoms with Gasteiger partial charge in [-0.15, -0.1) is 0 Å². The van der Waals surface area contributed by atoms with Crippen molar-refractivity contribution in [2.75, 3.05) is 6.54 Å². The Morgan fingerprint density at radius 1 is 1.30 bits per heavy atom. The molecule has 0 N–H and O–H groups in total. The lowest BCUT2D eigenvalue weighted by molar-refractivity contribution is -0.128. The molecule has 0 radical (unpaired) electrons. The maximum absolute atomic E-state index is 12.2. The summed E-state index contributed by atoms with van der Waals surface area (Å²) >= 11 is 0. The van der Waals surface area contributed by atoms with Crippen molar-refractivity contribution >= 4 is 5.91 Å². The van der Waals surface area contributed by atoms with Crippen LogP contribution in [-0.2, 0) is 18.4 Å². The van der Waals surface area contributed by atoms with Crippen LogP contribution in [0.25, 0.3) is 0 Å². The van der Waals surface area contributed by atoms with Gasteiger partial charge in [0.15, 0.2) is 0 Å². The van der Waals surface area contributed by atoms with Crippen LogP contribution in [0.5, 0.6) is 0 Å². The SMILES string of the molecule is Cc1c(CN2CC(c3ccccc3)CC2=O)cnn1C. The minimum Gasteiger partial charge on any atom is -0.338 e. The van der Waals surface area contributed by atoms with Gasteiger partial charge in [-0.25, -0.2) is 0 Å². The van der Waals surface area contributed by atoms with E-state index in [4.69, 9.17) is 0 Å². The molecule has 2 aromatic rings. The second-order valence-electron chi connectivity index (χ2n) is 5.46. The average Bonchev–Trinajstić information content (AvgIpc) is 2.98. The number of carbonyl (C=O) groups is 1. The normalized spacial score (nSPS) is 18.8. The molecule has 104 valence electrons. The standard InChI is InChI=1S/C16H19N3O/c1-12-15(9-17-18(12)2)11-19-10-14(8-16(19)20)13-6-4-3-5-7-13/h3-7,9,14H,8,10-11H2,1-2H3. The van der Waals surface area contributed by atoms with Crippen molar-refractivity contribution in [1.29, 1.82) is 0 Å². The quantitative estimate of drug-likeness (QED) is 0.857. The van der Waals surface area contributed by atoms with E-state index >= 15 is 0 Å². The van der Waals surface area contributed by atoms with E-state index in [2.05, 4.69) is 17.2 Å². The van der Waals surface area contributed by atoms with E-state index in [1.54, 1.807) is 0 Å². The van der Waals surface area contributed by atoms with Gasteiger partial charge in [0.2, 0.25) is 5.91 Å². The molecule has 1 aromatic heterocycles. The van der Waals surface area contributed by atoms with Crippen LogP contribution in [0.1, 0.15) is 29.2 Å². The molecule has 0 bridgehead atoms. The molecular weight excluding hydrogens is 250 g/mol. The van der Waals surface area contributed by atoms with E-state index in [0.29, 0.717) is 18.9 Å². The summed E-state index contributed by atoms with van der Waals surface area (Å²) in [5, 5.41) is 4.24. The Kier molecular flexibility index (Phi) is 3.30. The zero-order valence-corrected chi connectivity index (χ0v) is 11.9. The summed E-state index contributed by atoms with van der Waals surface area (Å²) in [7, 11) is 1.93. The van der Waals surface area contributed by atoms with E-state index in [9.17, 15) is 4.79 Å². The smallest absolute Gasteiger partial charge is 0.223 e. The van der Waals surface area contributed by atoms with E-state index in [0.717, 1.165) is 17.8 Å². The Labute approximate surface area is 119 Å². The van der Waals surface area contributed by atoms with Crippen LogP contribution in [0, 0.1) is 6.92 Å². The van der Waals surface area contributed by atoms with Gasteiger partial charge in [0.1, 0.15) is 0 Å². The van der Waals surface area contributed by atoms with Crippen LogP contribution in [0.15, 0.2) is 36.5 Å². The summed E-state index contributed by atoms with van der Waals surface area (Å²) < 4.78 is 1.85. The monoisotopic (exact) mass is 269 g/mol. The molecule has 4 heteroatoms. The Bertz CT molecular complexity index is 618. The van der Waals surface area contributed by atoms with Gasteiger partial charge in [0.25, 0.3) is 0 Å². The molecule has 1 amide bonds. The van der Waals surface area contributed by atoms with Crippen LogP contribution in [0.3, 0.4) is 0 Å². The van der Waals surface area contributed by atoms with Gasteiger partial charge in [-0.2, -0.15) is 5.10 Å². The Morgan fingerprint density at radius 3 is 2.70 bits per heavy atom. The molecule has 1 aromatic carbocycles. The van der Waals surface area contributed by atoms with E-state index in [-0.39, 0.29) is 5.91 Å². The van der Waals surface area contributed by atoms with Crippen LogP contribution < -0.4 is 0 Å². The molecule has 1 aliphatic rings. The first kappa shape index (κ1) is 12.9. The number of aryl methyl sites for hydroxylation is 1. The summed E-state index contributed by atoms with van der Waals surface area (Å²) in [4.78, 5) is 14.1. The minimum atomic E-state index is 0.238. The highest BCUT2D eigenvalue weighted by atomic mass is 16.2. The van der Waals surface area contributed by atoms with Crippen molar-refractivity contribution in [1.82, 2.24) is 14.7 Å². The molecule has 0 aliphatic carbocycles. The lowest BCUT2D eigenvalue weighted by Gasteiger charge is -2.16. The zero-order valence-electron chi connectivity index (χ0n) is 11.9. The van der Waals surface area contributed by atoms with Crippen molar-refractivity contribution in [3.05, 3.63) is 53.3 Å². The number of hydrogen-bond acceptors (Lipinski definition) is 2. The lowest BCUT2D eigenvalue weighted by Crippen LogP contribution is -2.24. The van der Waals surface area contributed by atoms with Crippen molar-refractivity contribution in [3.8, 4) is 0 Å². The van der Waals surface area contributed by atoms with Crippen molar-refractivity contribution in [3.63, 3.8) is 0 Å². The number of hydrogen-bond donors (Lipinski definition) is 0. The van der Waals surface area contributed by atoms with Gasteiger partial charge in [-0.05, 0) is 12.5 Å². The van der Waals surface area contributed by atoms with Gasteiger partial charge in [0.05, 0.1) is 6.20 Å². The molecule has 0 spiro atoms. The van der Waals surface area contributed by atoms with Crippen LogP contribution in [0.4, 0.5) is 0 Å². The molecule has 1 atom stereocenters. The van der Waals surface area contributed by atoms with Crippen molar-refractivity contribution in [2.45, 2.75) is 25.8 Å². The maximum Gasteiger partial charge on any atom is 0.223 e. The number of nitrogens with zero attached hydrogens (tertiary/aromatic N) is 3. The molecular formula is C16H19N3O. The van der Waals surface area contributed by atoms with Crippen molar-refractivity contribution < 1.29 is 4.79 Å². The van der Waals surface area contributed by atoms with Crippen LogP contribution in [-0.4, -0.2) is 27.1 Å². The van der Waals surface area contributed by atoms with E-state index in [1.165, 1.54) is 5.56 Å². The zero-order chi connectivity index (χ0) is 14.1. The van der Waals surface area contributed by atoms with Gasteiger partial charge in [-0.1, -0.05) is 30.3 Å². The second-order valence-corrected chi connectivity index (χ2v) is 5.46. The number of likely N-dealkylation sites (tertiary alicyclic amines) is 1. The van der Waals surface area contributed by atoms with Gasteiger partial charge in [0, 0.05) is 43.7 Å². The first-order chi connectivity index (χ1) is 9.65. The Morgan fingerprint density at radius 2 is 2.05 bits per heavy atom. The third-order valence-electron chi connectivity index (χ3n) is 4.18. The van der Waals surface area contributed by atoms with Crippen molar-refractivity contribution in [2.24, 2.45) is 7.05 Å². The number of carbonyl (C=O) groups excluding carboxylic acids is 1. The molecule has 4 nitrogen and oxygen atoms in total. The Hall–Kier alpha value is -2.10. The van der Waals surface area contributed by atoms with E-state index in [1.807, 2.05) is 47.9 Å². The average molecular weight is 269 g/mol. The number of amides is 1. The Balaban J connectivity index is 1.73. The topological polar surface area (TPSA) is 38.1 Å². The van der Waals surface area contributed by atoms with E-state index < -0.39 is 0 Å². The minimum absolute atomic E-state index is 0.238. The molecule has 2 heterocycles. The predicted molar refractivity (Wildman–Crippen MR) is 77.2 cm³/mol. The molecule has 0 saturated carbocycles. The lowest BCUT2D eigenvalue weighted by atomic mass is 9.99. The molecule has 20 heavy (non-hydrogen) atoms. The molecule has 1 aliphatic heterocycles. The number of aromatic nitrogens is 2. The molecule has 1 saturated heterocycles. The summed E-state index contributed by atoms with van der Waals surface area (Å²) in [6.45, 7) is 3.51. The molecule has 1 unspecified atom stereocenters. The largest absolute Gasteiger partial charge is 0.338 e. The summed E-state index contributed by atoms with van der Waals surface area (Å²) in [6.07, 6.45) is 2.47. The fourth-order valence-electron chi connectivity index (χ4n) is 2.78. The fraction of sp³-hybridized carbons (Fsp3) is 0.375. The number of rotatable bonds is 3. The van der Waals surface area contributed by atoms with Gasteiger partial charge >= 0.3 is 0 Å². The summed E-state index contributed by atoms with van der Waals surface area (Å²) in [5.41, 5.74) is 3.52. The maximum atomic E-state index is 12.2. The third kappa shape index (κ3) is 2.33. The molecule has 1 fully saturated rings.